The van der Waals surface area contributed by atoms with E-state index >= 15 is 0 Å². The maximum absolute atomic E-state index is 5.85. The van der Waals surface area contributed by atoms with E-state index in [0.717, 1.165) is 17.9 Å². The number of benzene rings is 2. The van der Waals surface area contributed by atoms with E-state index < -0.39 is 0 Å². The third-order valence-electron chi connectivity index (χ3n) is 2.75. The molecule has 0 heterocycles. The summed E-state index contributed by atoms with van der Waals surface area (Å²) < 4.78 is 0. The lowest BCUT2D eigenvalue weighted by molar-refractivity contribution is 1.12. The SMILES string of the molecule is CCc1ccc(Cc2ccc(Cl)cc2)cc1. The Kier molecular flexibility index (Phi) is 3.63. The number of hydrogen-bond donors (Lipinski definition) is 0. The molecule has 2 aromatic carbocycles. The Morgan fingerprint density at radius 1 is 0.750 bits per heavy atom. The van der Waals surface area contributed by atoms with Crippen LogP contribution in [0.4, 0.5) is 0 Å². The van der Waals surface area contributed by atoms with Crippen molar-refractivity contribution in [3.05, 3.63) is 70.2 Å². The first kappa shape index (κ1) is 11.2. The Morgan fingerprint density at radius 2 is 1.19 bits per heavy atom. The van der Waals surface area contributed by atoms with Crippen LogP contribution >= 0.6 is 11.6 Å². The highest BCUT2D eigenvalue weighted by molar-refractivity contribution is 6.30. The van der Waals surface area contributed by atoms with Crippen LogP contribution in [0.2, 0.25) is 5.02 Å². The maximum Gasteiger partial charge on any atom is 0.0406 e. The fourth-order valence-corrected chi connectivity index (χ4v) is 1.86. The average molecular weight is 231 g/mol. The Labute approximate surface area is 102 Å². The van der Waals surface area contributed by atoms with Crippen LogP contribution in [-0.4, -0.2) is 0 Å². The predicted octanol–water partition coefficient (Wildman–Crippen LogP) is 4.49. The predicted molar refractivity (Wildman–Crippen MR) is 70.1 cm³/mol. The van der Waals surface area contributed by atoms with Crippen LogP contribution in [0.3, 0.4) is 0 Å². The summed E-state index contributed by atoms with van der Waals surface area (Å²) in [5, 5.41) is 0.796. The fraction of sp³-hybridized carbons (Fsp3) is 0.200. The molecule has 0 aliphatic rings. The standard InChI is InChI=1S/C15H15Cl/c1-2-12-3-5-13(6-4-12)11-14-7-9-15(16)10-8-14/h3-10H,2,11H2,1H3. The van der Waals surface area contributed by atoms with E-state index in [-0.39, 0.29) is 0 Å². The van der Waals surface area contributed by atoms with E-state index in [2.05, 4.69) is 43.3 Å². The lowest BCUT2D eigenvalue weighted by Crippen LogP contribution is -1.88. The zero-order valence-electron chi connectivity index (χ0n) is 9.41. The summed E-state index contributed by atoms with van der Waals surface area (Å²) in [5.74, 6) is 0. The molecule has 0 bridgehead atoms. The summed E-state index contributed by atoms with van der Waals surface area (Å²) in [7, 11) is 0. The molecule has 0 radical (unpaired) electrons. The van der Waals surface area contributed by atoms with Gasteiger partial charge in [0.05, 0.1) is 0 Å². The van der Waals surface area contributed by atoms with E-state index in [0.29, 0.717) is 0 Å². The summed E-state index contributed by atoms with van der Waals surface area (Å²) in [6.07, 6.45) is 2.07. The summed E-state index contributed by atoms with van der Waals surface area (Å²) >= 11 is 5.85. The van der Waals surface area contributed by atoms with Crippen molar-refractivity contribution in [3.8, 4) is 0 Å². The van der Waals surface area contributed by atoms with Gasteiger partial charge in [-0.25, -0.2) is 0 Å². The number of halogens is 1. The number of hydrogen-bond acceptors (Lipinski definition) is 0. The molecular weight excluding hydrogens is 216 g/mol. The number of aryl methyl sites for hydroxylation is 1. The van der Waals surface area contributed by atoms with E-state index in [4.69, 9.17) is 11.6 Å². The Bertz CT molecular complexity index is 440. The van der Waals surface area contributed by atoms with E-state index in [1.807, 2.05) is 12.1 Å². The first-order valence-corrected chi connectivity index (χ1v) is 5.98. The molecule has 0 spiro atoms. The van der Waals surface area contributed by atoms with Crippen LogP contribution in [0, 0.1) is 0 Å². The van der Waals surface area contributed by atoms with Gasteiger partial charge in [-0.1, -0.05) is 54.9 Å². The van der Waals surface area contributed by atoms with Crippen LogP contribution < -0.4 is 0 Å². The van der Waals surface area contributed by atoms with Gasteiger partial charge in [0.25, 0.3) is 0 Å². The fourth-order valence-electron chi connectivity index (χ4n) is 1.73. The highest BCUT2D eigenvalue weighted by Gasteiger charge is 1.96. The minimum Gasteiger partial charge on any atom is -0.0843 e. The average Bonchev–Trinajstić information content (AvgIpc) is 2.33. The molecule has 0 N–H and O–H groups in total. The minimum absolute atomic E-state index is 0.796. The van der Waals surface area contributed by atoms with Gasteiger partial charge < -0.3 is 0 Å². The van der Waals surface area contributed by atoms with Gasteiger partial charge in [0.15, 0.2) is 0 Å². The molecule has 1 heteroatoms. The molecule has 0 amide bonds. The summed E-state index contributed by atoms with van der Waals surface area (Å²) in [5.41, 5.74) is 4.04. The first-order chi connectivity index (χ1) is 7.78. The van der Waals surface area contributed by atoms with Crippen molar-refractivity contribution in [3.63, 3.8) is 0 Å². The van der Waals surface area contributed by atoms with Crippen LogP contribution in [0.5, 0.6) is 0 Å². The van der Waals surface area contributed by atoms with Crippen LogP contribution in [0.15, 0.2) is 48.5 Å². The molecular formula is C15H15Cl. The van der Waals surface area contributed by atoms with Crippen LogP contribution in [0.25, 0.3) is 0 Å². The third kappa shape index (κ3) is 2.86. The minimum atomic E-state index is 0.796. The van der Waals surface area contributed by atoms with E-state index in [1.165, 1.54) is 16.7 Å². The summed E-state index contributed by atoms with van der Waals surface area (Å²) in [6, 6.07) is 16.8. The lowest BCUT2D eigenvalue weighted by atomic mass is 10.0. The smallest absolute Gasteiger partial charge is 0.0406 e. The van der Waals surface area contributed by atoms with Crippen LogP contribution in [-0.2, 0) is 12.8 Å². The summed E-state index contributed by atoms with van der Waals surface area (Å²) in [4.78, 5) is 0. The highest BCUT2D eigenvalue weighted by atomic mass is 35.5. The molecule has 0 unspecified atom stereocenters. The normalized spacial score (nSPS) is 10.4. The molecule has 0 saturated heterocycles. The first-order valence-electron chi connectivity index (χ1n) is 5.60. The third-order valence-corrected chi connectivity index (χ3v) is 3.00. The van der Waals surface area contributed by atoms with Crippen molar-refractivity contribution >= 4 is 11.6 Å². The second-order valence-electron chi connectivity index (χ2n) is 3.97. The largest absolute Gasteiger partial charge is 0.0843 e. The highest BCUT2D eigenvalue weighted by Crippen LogP contribution is 2.14. The number of rotatable bonds is 3. The molecule has 0 aliphatic carbocycles. The molecule has 0 fully saturated rings. The molecule has 2 aromatic rings. The van der Waals surface area contributed by atoms with Gasteiger partial charge in [-0.15, -0.1) is 0 Å². The second-order valence-corrected chi connectivity index (χ2v) is 4.41. The van der Waals surface area contributed by atoms with Crippen molar-refractivity contribution in [1.29, 1.82) is 0 Å². The van der Waals surface area contributed by atoms with Gasteiger partial charge in [-0.3, -0.25) is 0 Å². The molecule has 82 valence electrons. The van der Waals surface area contributed by atoms with Crippen LogP contribution in [0.1, 0.15) is 23.6 Å². The van der Waals surface area contributed by atoms with Gasteiger partial charge in [-0.05, 0) is 41.7 Å². The molecule has 0 nitrogen and oxygen atoms in total. The molecule has 0 saturated carbocycles. The van der Waals surface area contributed by atoms with E-state index in [9.17, 15) is 0 Å². The quantitative estimate of drug-likeness (QED) is 0.729. The monoisotopic (exact) mass is 230 g/mol. The van der Waals surface area contributed by atoms with Crippen molar-refractivity contribution in [1.82, 2.24) is 0 Å². The lowest BCUT2D eigenvalue weighted by Gasteiger charge is -2.03. The zero-order chi connectivity index (χ0) is 11.4. The summed E-state index contributed by atoms with van der Waals surface area (Å²) in [6.45, 7) is 2.17. The van der Waals surface area contributed by atoms with Gasteiger partial charge in [-0.2, -0.15) is 0 Å². The molecule has 0 aromatic heterocycles. The van der Waals surface area contributed by atoms with E-state index in [1.54, 1.807) is 0 Å². The van der Waals surface area contributed by atoms with Crippen molar-refractivity contribution in [2.24, 2.45) is 0 Å². The van der Waals surface area contributed by atoms with Gasteiger partial charge in [0.2, 0.25) is 0 Å². The van der Waals surface area contributed by atoms with Gasteiger partial charge in [0, 0.05) is 5.02 Å². The molecule has 0 aliphatic heterocycles. The Hall–Kier alpha value is -1.27. The molecule has 16 heavy (non-hydrogen) atoms. The molecule has 0 atom stereocenters. The Balaban J connectivity index is 2.11. The van der Waals surface area contributed by atoms with Crippen molar-refractivity contribution < 1.29 is 0 Å². The topological polar surface area (TPSA) is 0 Å². The van der Waals surface area contributed by atoms with Crippen molar-refractivity contribution in [2.45, 2.75) is 19.8 Å². The molecule has 2 rings (SSSR count). The maximum atomic E-state index is 5.85. The van der Waals surface area contributed by atoms with Gasteiger partial charge in [0.1, 0.15) is 0 Å². The zero-order valence-corrected chi connectivity index (χ0v) is 10.2. The van der Waals surface area contributed by atoms with Crippen molar-refractivity contribution in [2.75, 3.05) is 0 Å². The Morgan fingerprint density at radius 3 is 1.69 bits per heavy atom. The van der Waals surface area contributed by atoms with Gasteiger partial charge >= 0.3 is 0 Å². The second kappa shape index (κ2) is 5.18.